The fourth-order valence-electron chi connectivity index (χ4n) is 3.88. The normalized spacial score (nSPS) is 15.8. The maximum absolute atomic E-state index is 12.9. The van der Waals surface area contributed by atoms with Crippen LogP contribution in [0.3, 0.4) is 0 Å². The van der Waals surface area contributed by atoms with Crippen molar-refractivity contribution in [3.63, 3.8) is 0 Å². The molecule has 0 saturated carbocycles. The van der Waals surface area contributed by atoms with Gasteiger partial charge in [-0.3, -0.25) is 9.69 Å². The summed E-state index contributed by atoms with van der Waals surface area (Å²) in [5.74, 6) is -0.648. The summed E-state index contributed by atoms with van der Waals surface area (Å²) < 4.78 is 67.7. The average Bonchev–Trinajstić information content (AvgIpc) is 2.79. The molecule has 1 amide bonds. The van der Waals surface area contributed by atoms with Gasteiger partial charge in [0.2, 0.25) is 15.9 Å². The number of alkyl halides is 3. The summed E-state index contributed by atoms with van der Waals surface area (Å²) in [5, 5.41) is 3.01. The molecule has 1 N–H and O–H groups in total. The molecule has 1 aliphatic rings. The molecule has 0 atom stereocenters. The fraction of sp³-hybridized carbons (Fsp3) is 0.435. The largest absolute Gasteiger partial charge is 0.573 e. The van der Waals surface area contributed by atoms with Gasteiger partial charge in [-0.1, -0.05) is 32.0 Å². The lowest BCUT2D eigenvalue weighted by Gasteiger charge is -2.33. The van der Waals surface area contributed by atoms with Gasteiger partial charge in [0.15, 0.2) is 0 Å². The molecule has 11 heteroatoms. The van der Waals surface area contributed by atoms with E-state index in [-0.39, 0.29) is 30.4 Å². The van der Waals surface area contributed by atoms with Crippen molar-refractivity contribution in [2.45, 2.75) is 37.9 Å². The molecule has 1 saturated heterocycles. The van der Waals surface area contributed by atoms with E-state index in [0.717, 1.165) is 53.9 Å². The molecule has 0 radical (unpaired) electrons. The van der Waals surface area contributed by atoms with Crippen molar-refractivity contribution < 1.29 is 31.1 Å². The second-order valence-electron chi connectivity index (χ2n) is 7.91. The van der Waals surface area contributed by atoms with E-state index in [9.17, 15) is 26.4 Å². The number of hydrogen-bond acceptors (Lipinski definition) is 5. The first-order chi connectivity index (χ1) is 16.0. The van der Waals surface area contributed by atoms with Gasteiger partial charge in [-0.25, -0.2) is 8.42 Å². The van der Waals surface area contributed by atoms with E-state index in [1.165, 1.54) is 4.31 Å². The Kier molecular flexibility index (Phi) is 8.21. The van der Waals surface area contributed by atoms with Crippen LogP contribution >= 0.6 is 0 Å². The number of benzene rings is 2. The molecule has 3 rings (SSSR count). The summed E-state index contributed by atoms with van der Waals surface area (Å²) in [7, 11) is -3.87. The van der Waals surface area contributed by atoms with Crippen LogP contribution in [0, 0.1) is 0 Å². The predicted octanol–water partition coefficient (Wildman–Crippen LogP) is 3.66. The molecule has 1 fully saturated rings. The molecule has 34 heavy (non-hydrogen) atoms. The number of para-hydroxylation sites is 1. The highest BCUT2D eigenvalue weighted by Crippen LogP contribution is 2.26. The lowest BCUT2D eigenvalue weighted by molar-refractivity contribution is -0.274. The molecule has 1 aliphatic heterocycles. The Morgan fingerprint density at radius 3 is 2.03 bits per heavy atom. The molecular formula is C23H28F3N3O4S. The van der Waals surface area contributed by atoms with Crippen LogP contribution in [0.4, 0.5) is 18.9 Å². The highest BCUT2D eigenvalue weighted by atomic mass is 32.2. The third-order valence-corrected chi connectivity index (χ3v) is 7.57. The minimum atomic E-state index is -4.85. The molecule has 0 spiro atoms. The van der Waals surface area contributed by atoms with E-state index < -0.39 is 22.1 Å². The van der Waals surface area contributed by atoms with Crippen LogP contribution in [0.5, 0.6) is 5.75 Å². The zero-order valence-corrected chi connectivity index (χ0v) is 19.9. The third kappa shape index (κ3) is 6.49. The van der Waals surface area contributed by atoms with Gasteiger partial charge < -0.3 is 10.1 Å². The Hall–Kier alpha value is -2.63. The van der Waals surface area contributed by atoms with Crippen LogP contribution < -0.4 is 10.1 Å². The van der Waals surface area contributed by atoms with Gasteiger partial charge in [0.1, 0.15) is 5.75 Å². The smallest absolute Gasteiger partial charge is 0.406 e. The number of nitrogens with zero attached hydrogens (tertiary/aromatic N) is 2. The van der Waals surface area contributed by atoms with E-state index in [0.29, 0.717) is 13.1 Å². The molecule has 0 unspecified atom stereocenters. The first-order valence-corrected chi connectivity index (χ1v) is 12.5. The maximum atomic E-state index is 12.9. The topological polar surface area (TPSA) is 79.0 Å². The van der Waals surface area contributed by atoms with E-state index in [4.69, 9.17) is 0 Å². The lowest BCUT2D eigenvalue weighted by Crippen LogP contribution is -2.50. The second-order valence-corrected chi connectivity index (χ2v) is 9.84. The molecule has 0 bridgehead atoms. The van der Waals surface area contributed by atoms with Gasteiger partial charge in [0, 0.05) is 31.9 Å². The van der Waals surface area contributed by atoms with E-state index in [1.807, 2.05) is 36.9 Å². The molecule has 2 aromatic rings. The summed E-state index contributed by atoms with van der Waals surface area (Å²) in [6.45, 7) is 5.25. The molecule has 7 nitrogen and oxygen atoms in total. The molecular weight excluding hydrogens is 471 g/mol. The van der Waals surface area contributed by atoms with E-state index in [2.05, 4.69) is 10.1 Å². The van der Waals surface area contributed by atoms with Crippen molar-refractivity contribution in [1.29, 1.82) is 0 Å². The number of rotatable bonds is 8. The number of hydrogen-bond donors (Lipinski definition) is 1. The molecule has 0 aliphatic carbocycles. The number of amides is 1. The fourth-order valence-corrected chi connectivity index (χ4v) is 5.30. The molecule has 186 valence electrons. The Bertz CT molecular complexity index is 1080. The summed E-state index contributed by atoms with van der Waals surface area (Å²) in [4.78, 5) is 14.4. The highest BCUT2D eigenvalue weighted by molar-refractivity contribution is 7.89. The number of ether oxygens (including phenoxy) is 1. The number of anilines is 1. The zero-order chi connectivity index (χ0) is 24.9. The highest BCUT2D eigenvalue weighted by Gasteiger charge is 2.32. The molecule has 2 aromatic carbocycles. The Morgan fingerprint density at radius 1 is 0.971 bits per heavy atom. The van der Waals surface area contributed by atoms with Gasteiger partial charge in [-0.15, -0.1) is 13.2 Å². The zero-order valence-electron chi connectivity index (χ0n) is 19.1. The number of halogens is 3. The van der Waals surface area contributed by atoms with Gasteiger partial charge >= 0.3 is 6.36 Å². The monoisotopic (exact) mass is 499 g/mol. The summed E-state index contributed by atoms with van der Waals surface area (Å²) in [6.07, 6.45) is -3.26. The SMILES string of the molecule is CCc1cccc(CC)c1NC(=O)CN1CCN(S(=O)(=O)c2ccc(OC(F)(F)F)cc2)CC1. The van der Waals surface area contributed by atoms with Gasteiger partial charge in [0.25, 0.3) is 0 Å². The van der Waals surface area contributed by atoms with Crippen LogP contribution in [0.1, 0.15) is 25.0 Å². The number of carbonyl (C=O) groups excluding carboxylic acids is 1. The number of carbonyl (C=O) groups is 1. The van der Waals surface area contributed by atoms with Crippen molar-refractivity contribution in [3.8, 4) is 5.75 Å². The van der Waals surface area contributed by atoms with Gasteiger partial charge in [-0.05, 0) is 48.2 Å². The number of sulfonamides is 1. The van der Waals surface area contributed by atoms with Crippen molar-refractivity contribution in [2.24, 2.45) is 0 Å². The van der Waals surface area contributed by atoms with Gasteiger partial charge in [-0.2, -0.15) is 4.31 Å². The summed E-state index contributed by atoms with van der Waals surface area (Å²) >= 11 is 0. The van der Waals surface area contributed by atoms with Crippen LogP contribution in [-0.4, -0.2) is 62.6 Å². The lowest BCUT2D eigenvalue weighted by atomic mass is 10.0. The Morgan fingerprint density at radius 2 is 1.53 bits per heavy atom. The number of aryl methyl sites for hydroxylation is 2. The summed E-state index contributed by atoms with van der Waals surface area (Å²) in [6, 6.07) is 10.1. The first-order valence-electron chi connectivity index (χ1n) is 11.0. The minimum absolute atomic E-state index is 0.114. The maximum Gasteiger partial charge on any atom is 0.573 e. The van der Waals surface area contributed by atoms with Crippen LogP contribution in [-0.2, 0) is 27.7 Å². The predicted molar refractivity (Wildman–Crippen MR) is 122 cm³/mol. The van der Waals surface area contributed by atoms with E-state index >= 15 is 0 Å². The average molecular weight is 500 g/mol. The quantitative estimate of drug-likeness (QED) is 0.600. The molecule has 0 aromatic heterocycles. The van der Waals surface area contributed by atoms with Crippen molar-refractivity contribution in [2.75, 3.05) is 38.0 Å². The Labute approximate surface area is 197 Å². The first kappa shape index (κ1) is 26.0. The minimum Gasteiger partial charge on any atom is -0.406 e. The van der Waals surface area contributed by atoms with Crippen LogP contribution in [0.2, 0.25) is 0 Å². The Balaban J connectivity index is 1.57. The van der Waals surface area contributed by atoms with Crippen molar-refractivity contribution >= 4 is 21.6 Å². The number of piperazine rings is 1. The van der Waals surface area contributed by atoms with Crippen molar-refractivity contribution in [3.05, 3.63) is 53.6 Å². The third-order valence-electron chi connectivity index (χ3n) is 5.66. The van der Waals surface area contributed by atoms with Gasteiger partial charge in [0.05, 0.1) is 11.4 Å². The number of nitrogens with one attached hydrogen (secondary N) is 1. The standard InChI is InChI=1S/C23H28F3N3O4S/c1-3-17-6-5-7-18(4-2)22(17)27-21(30)16-28-12-14-29(15-13-28)34(31,32)20-10-8-19(9-11-20)33-23(24,25)26/h5-11H,3-4,12-16H2,1-2H3,(H,27,30). The molecule has 1 heterocycles. The van der Waals surface area contributed by atoms with Crippen LogP contribution in [0.25, 0.3) is 0 Å². The van der Waals surface area contributed by atoms with Crippen molar-refractivity contribution in [1.82, 2.24) is 9.21 Å². The second kappa shape index (κ2) is 10.7. The van der Waals surface area contributed by atoms with E-state index in [1.54, 1.807) is 0 Å². The summed E-state index contributed by atoms with van der Waals surface area (Å²) in [5.41, 5.74) is 2.97. The van der Waals surface area contributed by atoms with Crippen LogP contribution in [0.15, 0.2) is 47.4 Å².